The molecular weight excluding hydrogens is 458 g/mol. The van der Waals surface area contributed by atoms with E-state index in [9.17, 15) is 9.59 Å². The molecule has 0 unspecified atom stereocenters. The standard InChI is InChI=1S/C29H29NO6/c1-4-29(2,3)21-7-11-23(12-8-21)36-24-13-9-22(10-14-24)30-27(31)18-33-28(32)16-6-20-5-15-25-26(17-20)35-19-34-25/h5-17H,4,18-19H2,1-3H3,(H,30,31)/b16-6+. The molecule has 7 heteroatoms. The topological polar surface area (TPSA) is 83.1 Å². The van der Waals surface area contributed by atoms with Crippen molar-refractivity contribution in [3.05, 3.63) is 83.9 Å². The van der Waals surface area contributed by atoms with Gasteiger partial charge in [-0.05, 0) is 77.6 Å². The molecule has 186 valence electrons. The van der Waals surface area contributed by atoms with Crippen LogP contribution in [-0.2, 0) is 19.7 Å². The molecule has 0 radical (unpaired) electrons. The molecular formula is C29H29NO6. The van der Waals surface area contributed by atoms with Gasteiger partial charge in [-0.2, -0.15) is 0 Å². The molecule has 36 heavy (non-hydrogen) atoms. The second kappa shape index (κ2) is 11.0. The van der Waals surface area contributed by atoms with Gasteiger partial charge in [-0.15, -0.1) is 0 Å². The fourth-order valence-electron chi connectivity index (χ4n) is 3.48. The monoisotopic (exact) mass is 487 g/mol. The van der Waals surface area contributed by atoms with Crippen LogP contribution < -0.4 is 19.5 Å². The molecule has 1 N–H and O–H groups in total. The highest BCUT2D eigenvalue weighted by atomic mass is 16.7. The molecule has 0 saturated carbocycles. The highest BCUT2D eigenvalue weighted by molar-refractivity contribution is 5.94. The number of nitrogens with one attached hydrogen (secondary N) is 1. The first-order valence-electron chi connectivity index (χ1n) is 11.8. The summed E-state index contributed by atoms with van der Waals surface area (Å²) in [5, 5.41) is 2.69. The maximum Gasteiger partial charge on any atom is 0.331 e. The van der Waals surface area contributed by atoms with E-state index in [0.29, 0.717) is 22.9 Å². The van der Waals surface area contributed by atoms with Crippen molar-refractivity contribution < 1.29 is 28.5 Å². The van der Waals surface area contributed by atoms with Crippen LogP contribution in [0, 0.1) is 0 Å². The molecule has 0 saturated heterocycles. The van der Waals surface area contributed by atoms with Crippen molar-refractivity contribution in [2.45, 2.75) is 32.6 Å². The normalized spacial score (nSPS) is 12.4. The summed E-state index contributed by atoms with van der Waals surface area (Å²) in [7, 11) is 0. The van der Waals surface area contributed by atoms with E-state index in [1.807, 2.05) is 12.1 Å². The van der Waals surface area contributed by atoms with E-state index in [0.717, 1.165) is 17.7 Å². The number of carbonyl (C=O) groups is 2. The molecule has 0 aromatic heterocycles. The number of hydrogen-bond donors (Lipinski definition) is 1. The Morgan fingerprint density at radius 3 is 2.31 bits per heavy atom. The lowest BCUT2D eigenvalue weighted by Crippen LogP contribution is -2.20. The molecule has 1 aliphatic rings. The van der Waals surface area contributed by atoms with Crippen molar-refractivity contribution in [2.75, 3.05) is 18.7 Å². The summed E-state index contributed by atoms with van der Waals surface area (Å²) in [6, 6.07) is 20.4. The van der Waals surface area contributed by atoms with Crippen LogP contribution >= 0.6 is 0 Å². The number of anilines is 1. The van der Waals surface area contributed by atoms with Gasteiger partial charge in [0.05, 0.1) is 0 Å². The van der Waals surface area contributed by atoms with E-state index in [-0.39, 0.29) is 12.2 Å². The average molecular weight is 488 g/mol. The Bertz CT molecular complexity index is 1250. The Labute approximate surface area is 210 Å². The molecule has 0 spiro atoms. The second-order valence-electron chi connectivity index (χ2n) is 8.99. The minimum absolute atomic E-state index is 0.121. The van der Waals surface area contributed by atoms with Crippen LogP contribution in [0.1, 0.15) is 38.3 Å². The summed E-state index contributed by atoms with van der Waals surface area (Å²) in [5.41, 5.74) is 2.71. The van der Waals surface area contributed by atoms with E-state index in [2.05, 4.69) is 38.2 Å². The SMILES string of the molecule is CCC(C)(C)c1ccc(Oc2ccc(NC(=O)COC(=O)/C=C/c3ccc4c(c3)OCO4)cc2)cc1. The summed E-state index contributed by atoms with van der Waals surface area (Å²) >= 11 is 0. The molecule has 3 aromatic carbocycles. The van der Waals surface area contributed by atoms with Crippen LogP contribution in [-0.4, -0.2) is 25.3 Å². The minimum Gasteiger partial charge on any atom is -0.457 e. The first-order chi connectivity index (χ1) is 17.3. The second-order valence-corrected chi connectivity index (χ2v) is 8.99. The molecule has 1 aliphatic heterocycles. The maximum atomic E-state index is 12.2. The first-order valence-corrected chi connectivity index (χ1v) is 11.8. The summed E-state index contributed by atoms with van der Waals surface area (Å²) in [6.45, 7) is 6.39. The summed E-state index contributed by atoms with van der Waals surface area (Å²) in [6.07, 6.45) is 3.89. The number of benzene rings is 3. The van der Waals surface area contributed by atoms with Gasteiger partial charge in [0.1, 0.15) is 11.5 Å². The number of hydrogen-bond acceptors (Lipinski definition) is 6. The molecule has 0 bridgehead atoms. The van der Waals surface area contributed by atoms with Gasteiger partial charge >= 0.3 is 5.97 Å². The zero-order valence-corrected chi connectivity index (χ0v) is 20.6. The number of carbonyl (C=O) groups excluding carboxylic acids is 2. The number of ether oxygens (including phenoxy) is 4. The Morgan fingerprint density at radius 1 is 0.944 bits per heavy atom. The molecule has 0 fully saturated rings. The van der Waals surface area contributed by atoms with Gasteiger partial charge in [0.2, 0.25) is 6.79 Å². The van der Waals surface area contributed by atoms with Gasteiger partial charge in [0, 0.05) is 11.8 Å². The smallest absolute Gasteiger partial charge is 0.331 e. The van der Waals surface area contributed by atoms with E-state index >= 15 is 0 Å². The average Bonchev–Trinajstić information content (AvgIpc) is 3.36. The third-order valence-electron chi connectivity index (χ3n) is 6.05. The zero-order valence-electron chi connectivity index (χ0n) is 20.6. The van der Waals surface area contributed by atoms with Crippen LogP contribution in [0.2, 0.25) is 0 Å². The van der Waals surface area contributed by atoms with Crippen molar-refractivity contribution in [3.8, 4) is 23.0 Å². The van der Waals surface area contributed by atoms with Gasteiger partial charge in [0.15, 0.2) is 18.1 Å². The van der Waals surface area contributed by atoms with E-state index in [4.69, 9.17) is 18.9 Å². The van der Waals surface area contributed by atoms with E-state index in [1.165, 1.54) is 11.6 Å². The molecule has 3 aromatic rings. The van der Waals surface area contributed by atoms with Crippen LogP contribution in [0.4, 0.5) is 5.69 Å². The fourth-order valence-corrected chi connectivity index (χ4v) is 3.48. The highest BCUT2D eigenvalue weighted by Gasteiger charge is 2.17. The molecule has 1 amide bonds. The molecule has 4 rings (SSSR count). The highest BCUT2D eigenvalue weighted by Crippen LogP contribution is 2.33. The Morgan fingerprint density at radius 2 is 1.61 bits per heavy atom. The van der Waals surface area contributed by atoms with Gasteiger partial charge in [0.25, 0.3) is 5.91 Å². The van der Waals surface area contributed by atoms with E-state index < -0.39 is 18.5 Å². The predicted octanol–water partition coefficient (Wildman–Crippen LogP) is 6.09. The Hall–Kier alpha value is -4.26. The number of fused-ring (bicyclic) bond motifs is 1. The van der Waals surface area contributed by atoms with Gasteiger partial charge in [-0.25, -0.2) is 4.79 Å². The van der Waals surface area contributed by atoms with Crippen LogP contribution in [0.3, 0.4) is 0 Å². The van der Waals surface area contributed by atoms with E-state index in [1.54, 1.807) is 48.5 Å². The first kappa shape index (κ1) is 24.9. The zero-order chi connectivity index (χ0) is 25.5. The molecule has 7 nitrogen and oxygen atoms in total. The van der Waals surface area contributed by atoms with Crippen LogP contribution in [0.15, 0.2) is 72.8 Å². The van der Waals surface area contributed by atoms with Crippen LogP contribution in [0.25, 0.3) is 6.08 Å². The Balaban J connectivity index is 1.23. The van der Waals surface area contributed by atoms with Crippen molar-refractivity contribution in [1.29, 1.82) is 0 Å². The predicted molar refractivity (Wildman–Crippen MR) is 137 cm³/mol. The molecule has 0 aliphatic carbocycles. The van der Waals surface area contributed by atoms with Gasteiger partial charge in [-0.1, -0.05) is 39.0 Å². The van der Waals surface area contributed by atoms with Crippen molar-refractivity contribution in [2.24, 2.45) is 0 Å². The summed E-state index contributed by atoms with van der Waals surface area (Å²) in [5.74, 6) is 1.60. The lowest BCUT2D eigenvalue weighted by atomic mass is 9.82. The minimum atomic E-state index is -0.625. The molecule has 0 atom stereocenters. The third kappa shape index (κ3) is 6.44. The lowest BCUT2D eigenvalue weighted by molar-refractivity contribution is -0.142. The van der Waals surface area contributed by atoms with Crippen LogP contribution in [0.5, 0.6) is 23.0 Å². The molecule has 1 heterocycles. The largest absolute Gasteiger partial charge is 0.457 e. The van der Waals surface area contributed by atoms with Crippen molar-refractivity contribution >= 4 is 23.6 Å². The van der Waals surface area contributed by atoms with Gasteiger partial charge in [-0.3, -0.25) is 4.79 Å². The maximum absolute atomic E-state index is 12.2. The van der Waals surface area contributed by atoms with Crippen molar-refractivity contribution in [1.82, 2.24) is 0 Å². The third-order valence-corrected chi connectivity index (χ3v) is 6.05. The quantitative estimate of drug-likeness (QED) is 0.290. The number of rotatable bonds is 9. The summed E-state index contributed by atoms with van der Waals surface area (Å²) in [4.78, 5) is 24.1. The summed E-state index contributed by atoms with van der Waals surface area (Å²) < 4.78 is 21.5. The number of amides is 1. The lowest BCUT2D eigenvalue weighted by Gasteiger charge is -2.23. The fraction of sp³-hybridized carbons (Fsp3) is 0.241. The Kier molecular flexibility index (Phi) is 7.59. The number of esters is 1. The van der Waals surface area contributed by atoms with Crippen molar-refractivity contribution in [3.63, 3.8) is 0 Å². The van der Waals surface area contributed by atoms with Gasteiger partial charge < -0.3 is 24.3 Å².